The first-order valence-electron chi connectivity index (χ1n) is 4.41. The van der Waals surface area contributed by atoms with Gasteiger partial charge in [0.2, 0.25) is 0 Å². The van der Waals surface area contributed by atoms with E-state index >= 15 is 0 Å². The topological polar surface area (TPSA) is 0 Å². The molecule has 0 fully saturated rings. The van der Waals surface area contributed by atoms with E-state index in [1.165, 1.54) is 13.3 Å². The second kappa shape index (κ2) is 150. The lowest BCUT2D eigenvalue weighted by Crippen LogP contribution is -1.27. The van der Waals surface area contributed by atoms with Crippen molar-refractivity contribution in [3.05, 3.63) is 0 Å². The zero-order valence-electron chi connectivity index (χ0n) is 9.21. The Morgan fingerprint density at radius 1 is 1.14 bits per heavy atom. The van der Waals surface area contributed by atoms with Gasteiger partial charge in [-0.2, -0.15) is 0 Å². The molecule has 0 aromatic rings. The van der Waals surface area contributed by atoms with Crippen molar-refractivity contribution in [2.24, 2.45) is 0 Å². The molecule has 0 aromatic carbocycles. The smallest absolute Gasteiger partial charge is 0.0228 e. The lowest BCUT2D eigenvalue weighted by Gasteiger charge is -1.48. The molecule has 0 heterocycles. The van der Waals surface area contributed by atoms with Crippen molar-refractivity contribution in [3.63, 3.8) is 0 Å². The minimum absolute atomic E-state index is 1.19. The Morgan fingerprint density at radius 2 is 1.14 bits per heavy atom. The Morgan fingerprint density at radius 3 is 1.14 bits per heavy atom. The molecule has 0 aliphatic heterocycles. The Hall–Kier alpha value is 0. The first-order chi connectivity index (χ1) is 4.41. The Kier molecular flexibility index (Phi) is 110. The van der Waals surface area contributed by atoms with E-state index in [1.807, 2.05) is 13.8 Å². The summed E-state index contributed by atoms with van der Waals surface area (Å²) in [6.45, 7) is 7.69. The van der Waals surface area contributed by atoms with Crippen LogP contribution in [0.1, 0.15) is 52.0 Å². The van der Waals surface area contributed by atoms with Crippen molar-refractivity contribution in [2.45, 2.75) is 47.9 Å². The van der Waals surface area contributed by atoms with Crippen molar-refractivity contribution in [2.75, 3.05) is 0 Å². The highest BCUT2D eigenvalue weighted by Crippen LogP contribution is 1.56. The van der Waals surface area contributed by atoms with Gasteiger partial charge in [0, 0.05) is 4.11 Å². The van der Waals surface area contributed by atoms with Crippen LogP contribution in [0.15, 0.2) is 0 Å². The number of hydrogen-bond acceptors (Lipinski definition) is 0. The highest BCUT2D eigenvalue weighted by atomic mass is 13.4. The van der Waals surface area contributed by atoms with Crippen LogP contribution in [0.2, 0.25) is 0 Å². The lowest BCUT2D eigenvalue weighted by molar-refractivity contribution is 1.09. The average Bonchev–Trinajstić information content (AvgIpc) is 1.68. The fourth-order valence-corrected chi connectivity index (χ4v) is 0. The maximum absolute atomic E-state index is 6.27. The lowest BCUT2D eigenvalue weighted by atomic mass is 10.6. The van der Waals surface area contributed by atoms with Crippen LogP contribution in [0.25, 0.3) is 0 Å². The molecule has 0 saturated heterocycles. The molecule has 0 nitrogen and oxygen atoms in total. The van der Waals surface area contributed by atoms with Crippen molar-refractivity contribution < 1.29 is 4.11 Å². The molecule has 0 aliphatic carbocycles. The van der Waals surface area contributed by atoms with Gasteiger partial charge in [-0.25, -0.2) is 0 Å². The van der Waals surface area contributed by atoms with E-state index in [0.717, 1.165) is 0 Å². The Balaban J connectivity index is -0.0000000847. The first-order valence-corrected chi connectivity index (χ1v) is 2.91. The Labute approximate surface area is 53.2 Å². The summed E-state index contributed by atoms with van der Waals surface area (Å²) in [6.07, 6.45) is 1.25. The fourth-order valence-electron chi connectivity index (χ4n) is 0. The van der Waals surface area contributed by atoms with Crippen molar-refractivity contribution in [1.82, 2.24) is 0 Å². The van der Waals surface area contributed by atoms with Crippen LogP contribution in [0, 0.1) is 0 Å². The van der Waals surface area contributed by atoms with Gasteiger partial charge in [0.1, 0.15) is 0 Å². The molecule has 0 atom stereocenters. The molecule has 0 aliphatic rings. The van der Waals surface area contributed by atoms with E-state index in [2.05, 4.69) is 13.8 Å². The van der Waals surface area contributed by atoms with Crippen LogP contribution in [0.5, 0.6) is 0 Å². The van der Waals surface area contributed by atoms with Gasteiger partial charge in [-0.1, -0.05) is 47.9 Å². The van der Waals surface area contributed by atoms with Gasteiger partial charge in [0.25, 0.3) is 0 Å². The third-order valence-electron chi connectivity index (χ3n) is 0. The quantitative estimate of drug-likeness (QED) is 0.444. The van der Waals surface area contributed by atoms with E-state index in [0.29, 0.717) is 0 Å². The molecule has 0 radical (unpaired) electrons. The van der Waals surface area contributed by atoms with Crippen LogP contribution in [0.4, 0.5) is 0 Å². The van der Waals surface area contributed by atoms with Gasteiger partial charge >= 0.3 is 0 Å². The molecule has 0 unspecified atom stereocenters. The van der Waals surface area contributed by atoms with Gasteiger partial charge in [-0.05, 0) is 0 Å². The van der Waals surface area contributed by atoms with E-state index in [9.17, 15) is 0 Å². The second-order valence-corrected chi connectivity index (χ2v) is 0.707. The summed E-state index contributed by atoms with van der Waals surface area (Å²) in [5.41, 5.74) is 0. The molecule has 0 spiro atoms. The second-order valence-electron chi connectivity index (χ2n) is 0.707. The molecule has 7 heavy (non-hydrogen) atoms. The molecule has 0 amide bonds. The van der Waals surface area contributed by atoms with E-state index in [-0.39, 0.29) is 0 Å². The third kappa shape index (κ3) is 0. The molecular formula is C7H20. The molecule has 0 rings (SSSR count). The zero-order valence-corrected chi connectivity index (χ0v) is 6.21. The number of hydrogen-bond donors (Lipinski definition) is 0. The summed E-state index contributed by atoms with van der Waals surface area (Å²) in [5.74, 6) is 0. The third-order valence-corrected chi connectivity index (χ3v) is 0. The Bertz CT molecular complexity index is 32.6. The summed E-state index contributed by atoms with van der Waals surface area (Å²) in [5, 5.41) is 0. The molecule has 0 bridgehead atoms. The highest BCUT2D eigenvalue weighted by molar-refractivity contribution is 3.92. The predicted molar refractivity (Wildman–Crippen MR) is 38.7 cm³/mol. The van der Waals surface area contributed by atoms with Gasteiger partial charge < -0.3 is 0 Å². The van der Waals surface area contributed by atoms with Gasteiger partial charge in [-0.3, -0.25) is 0 Å². The molecule has 0 N–H and O–H groups in total. The summed E-state index contributed by atoms with van der Waals surface area (Å²) in [6, 6.07) is 0. The van der Waals surface area contributed by atoms with Gasteiger partial charge in [-0.15, -0.1) is 0 Å². The summed E-state index contributed by atoms with van der Waals surface area (Å²) >= 11 is 0. The summed E-state index contributed by atoms with van der Waals surface area (Å²) in [4.78, 5) is 0. The summed E-state index contributed by atoms with van der Waals surface area (Å²) < 4.78 is 18.8. The van der Waals surface area contributed by atoms with E-state index in [4.69, 9.17) is 4.11 Å². The van der Waals surface area contributed by atoms with Crippen LogP contribution >= 0.6 is 0 Å². The highest BCUT2D eigenvalue weighted by Gasteiger charge is 1.35. The fraction of sp³-hybridized carbons (Fsp3) is 1.00. The summed E-state index contributed by atoms with van der Waals surface area (Å²) in [7, 11) is 0. The molecular weight excluding hydrogens is 84.1 g/mol. The maximum Gasteiger partial charge on any atom is 0.0228 e. The van der Waals surface area contributed by atoms with Crippen LogP contribution in [0.3, 0.4) is 0 Å². The normalized spacial score (nSPS) is 12.4. The zero-order chi connectivity index (χ0) is 9.21. The minimum Gasteiger partial charge on any atom is -0.0683 e. The molecule has 0 heteroatoms. The maximum atomic E-state index is 6.27. The van der Waals surface area contributed by atoms with Gasteiger partial charge in [0.05, 0.1) is 0 Å². The minimum atomic E-state index is -1.75. The van der Waals surface area contributed by atoms with Crippen molar-refractivity contribution in [3.8, 4) is 0 Å². The van der Waals surface area contributed by atoms with Crippen molar-refractivity contribution >= 4 is 0 Å². The van der Waals surface area contributed by atoms with E-state index in [1.54, 1.807) is 0 Å². The molecule has 0 aromatic heterocycles. The average molecular weight is 107 g/mol. The van der Waals surface area contributed by atoms with Gasteiger partial charge in [0.15, 0.2) is 0 Å². The molecule has 0 saturated carbocycles. The van der Waals surface area contributed by atoms with Crippen molar-refractivity contribution in [1.29, 1.82) is 0 Å². The largest absolute Gasteiger partial charge is 0.0683 e. The van der Waals surface area contributed by atoms with Crippen LogP contribution in [-0.2, 0) is 0 Å². The molecule has 48 valence electrons. The monoisotopic (exact) mass is 107 g/mol. The van der Waals surface area contributed by atoms with Crippen LogP contribution < -0.4 is 0 Å². The predicted octanol–water partition coefficient (Wildman–Crippen LogP) is 3.47. The van der Waals surface area contributed by atoms with Crippen LogP contribution in [-0.4, -0.2) is 0 Å². The van der Waals surface area contributed by atoms with E-state index < -0.39 is 6.85 Å². The first kappa shape index (κ1) is 5.14. The SMILES string of the molecule is CC.CCC.[2H]C([2H])([2H])C. The standard InChI is InChI=1S/C3H8.2C2H6/c1-3-2;2*1-2/h3H2,1-2H3;2*1-2H3/i;1D3;. The number of rotatable bonds is 0.